The maximum absolute atomic E-state index is 12.5. The van der Waals surface area contributed by atoms with Gasteiger partial charge >= 0.3 is 0 Å². The van der Waals surface area contributed by atoms with Gasteiger partial charge in [0.1, 0.15) is 15.2 Å². The fourth-order valence-corrected chi connectivity index (χ4v) is 5.15. The van der Waals surface area contributed by atoms with E-state index in [-0.39, 0.29) is 10.3 Å². The molecule has 0 N–H and O–H groups in total. The van der Waals surface area contributed by atoms with E-state index in [2.05, 4.69) is 0 Å². The molecule has 1 aromatic heterocycles. The van der Waals surface area contributed by atoms with Crippen LogP contribution in [-0.2, 0) is 14.8 Å². The van der Waals surface area contributed by atoms with Crippen molar-refractivity contribution >= 4 is 21.4 Å². The van der Waals surface area contributed by atoms with Crippen molar-refractivity contribution in [1.82, 2.24) is 4.31 Å². The lowest BCUT2D eigenvalue weighted by Crippen LogP contribution is -2.53. The molecule has 0 bridgehead atoms. The summed E-state index contributed by atoms with van der Waals surface area (Å²) in [6.07, 6.45) is -0.145. The van der Waals surface area contributed by atoms with Gasteiger partial charge in [0.05, 0.1) is 11.7 Å². The van der Waals surface area contributed by atoms with Crippen molar-refractivity contribution < 1.29 is 13.2 Å². The SMILES string of the molecule is CC1CN(S(=O)(=O)c2ccc(C#N)s2)CC(C)(C)O1. The van der Waals surface area contributed by atoms with Crippen molar-refractivity contribution in [2.75, 3.05) is 13.1 Å². The highest BCUT2D eigenvalue weighted by atomic mass is 32.2. The van der Waals surface area contributed by atoms with Gasteiger partial charge in [0.15, 0.2) is 0 Å². The van der Waals surface area contributed by atoms with Crippen LogP contribution >= 0.6 is 11.3 Å². The van der Waals surface area contributed by atoms with Gasteiger partial charge < -0.3 is 4.74 Å². The first kappa shape index (κ1) is 14.5. The molecule has 0 aliphatic carbocycles. The molecule has 7 heteroatoms. The lowest BCUT2D eigenvalue weighted by molar-refractivity contribution is -0.109. The van der Waals surface area contributed by atoms with Gasteiger partial charge in [-0.1, -0.05) is 0 Å². The molecule has 5 nitrogen and oxygen atoms in total. The highest BCUT2D eigenvalue weighted by Gasteiger charge is 2.38. The molecule has 0 amide bonds. The second kappa shape index (κ2) is 4.87. The average Bonchev–Trinajstić information content (AvgIpc) is 2.75. The predicted molar refractivity (Wildman–Crippen MR) is 72.4 cm³/mol. The second-order valence-electron chi connectivity index (χ2n) is 5.22. The minimum absolute atomic E-state index is 0.145. The van der Waals surface area contributed by atoms with Crippen molar-refractivity contribution in [3.63, 3.8) is 0 Å². The summed E-state index contributed by atoms with van der Waals surface area (Å²) in [5.41, 5.74) is -0.500. The summed E-state index contributed by atoms with van der Waals surface area (Å²) in [5.74, 6) is 0. The minimum atomic E-state index is -3.53. The van der Waals surface area contributed by atoms with Crippen molar-refractivity contribution in [2.24, 2.45) is 0 Å². The van der Waals surface area contributed by atoms with Crippen LogP contribution in [0.15, 0.2) is 16.3 Å². The fourth-order valence-electron chi connectivity index (χ4n) is 2.22. The topological polar surface area (TPSA) is 70.4 Å². The Kier molecular flexibility index (Phi) is 3.71. The van der Waals surface area contributed by atoms with Crippen LogP contribution in [-0.4, -0.2) is 37.5 Å². The smallest absolute Gasteiger partial charge is 0.252 e. The standard InChI is InChI=1S/C12H16N2O3S2/c1-9-7-14(8-12(2,3)17-9)19(15,16)11-5-4-10(6-13)18-11/h4-5,9H,7-8H2,1-3H3. The van der Waals surface area contributed by atoms with E-state index < -0.39 is 15.6 Å². The Hall–Kier alpha value is -0.940. The van der Waals surface area contributed by atoms with E-state index in [0.717, 1.165) is 11.3 Å². The third-order valence-corrected chi connectivity index (χ3v) is 6.09. The predicted octanol–water partition coefficient (Wildman–Crippen LogP) is 1.81. The number of rotatable bonds is 2. The molecule has 1 saturated heterocycles. The van der Waals surface area contributed by atoms with E-state index in [1.807, 2.05) is 26.8 Å². The zero-order chi connectivity index (χ0) is 14.3. The van der Waals surface area contributed by atoms with Crippen molar-refractivity contribution in [3.05, 3.63) is 17.0 Å². The first-order valence-corrected chi connectivity index (χ1v) is 8.18. The van der Waals surface area contributed by atoms with Crippen LogP contribution in [0.3, 0.4) is 0 Å². The number of hydrogen-bond donors (Lipinski definition) is 0. The lowest BCUT2D eigenvalue weighted by Gasteiger charge is -2.40. The molecular formula is C12H16N2O3S2. The lowest BCUT2D eigenvalue weighted by atomic mass is 10.1. The molecular weight excluding hydrogens is 284 g/mol. The molecule has 1 unspecified atom stereocenters. The molecule has 0 saturated carbocycles. The van der Waals surface area contributed by atoms with Crippen LogP contribution in [0.1, 0.15) is 25.6 Å². The van der Waals surface area contributed by atoms with Crippen LogP contribution in [0.4, 0.5) is 0 Å². The Morgan fingerprint density at radius 2 is 2.21 bits per heavy atom. The zero-order valence-corrected chi connectivity index (χ0v) is 12.7. The summed E-state index contributed by atoms with van der Waals surface area (Å²) in [5, 5.41) is 8.78. The molecule has 19 heavy (non-hydrogen) atoms. The largest absolute Gasteiger partial charge is 0.370 e. The Labute approximate surface area is 117 Å². The third-order valence-electron chi connectivity index (χ3n) is 2.82. The van der Waals surface area contributed by atoms with E-state index in [4.69, 9.17) is 10.00 Å². The highest BCUT2D eigenvalue weighted by Crippen LogP contribution is 2.29. The minimum Gasteiger partial charge on any atom is -0.370 e. The second-order valence-corrected chi connectivity index (χ2v) is 8.46. The summed E-state index contributed by atoms with van der Waals surface area (Å²) in [7, 11) is -3.53. The van der Waals surface area contributed by atoms with Crippen molar-refractivity contribution in [1.29, 1.82) is 5.26 Å². The molecule has 1 aliphatic rings. The van der Waals surface area contributed by atoms with Gasteiger partial charge in [0.25, 0.3) is 10.0 Å². The number of nitrogens with zero attached hydrogens (tertiary/aromatic N) is 2. The van der Waals surface area contributed by atoms with Gasteiger partial charge in [0.2, 0.25) is 0 Å². The van der Waals surface area contributed by atoms with Crippen LogP contribution in [0.25, 0.3) is 0 Å². The molecule has 1 atom stereocenters. The number of ether oxygens (including phenoxy) is 1. The average molecular weight is 300 g/mol. The summed E-state index contributed by atoms with van der Waals surface area (Å²) in [6.45, 7) is 6.27. The zero-order valence-electron chi connectivity index (χ0n) is 11.1. The summed E-state index contributed by atoms with van der Waals surface area (Å²) in [4.78, 5) is 0.402. The van der Waals surface area contributed by atoms with Gasteiger partial charge in [0, 0.05) is 13.1 Å². The quantitative estimate of drug-likeness (QED) is 0.835. The highest BCUT2D eigenvalue weighted by molar-refractivity contribution is 7.91. The third kappa shape index (κ3) is 2.98. The molecule has 0 radical (unpaired) electrons. The number of thiophene rings is 1. The Bertz CT molecular complexity index is 613. The van der Waals surface area contributed by atoms with Gasteiger partial charge in [-0.25, -0.2) is 8.42 Å². The number of hydrogen-bond acceptors (Lipinski definition) is 5. The maximum atomic E-state index is 12.5. The molecule has 1 aliphatic heterocycles. The Balaban J connectivity index is 2.32. The molecule has 0 spiro atoms. The van der Waals surface area contributed by atoms with Gasteiger partial charge in [-0.15, -0.1) is 11.3 Å². The monoisotopic (exact) mass is 300 g/mol. The van der Waals surface area contributed by atoms with Gasteiger partial charge in [-0.05, 0) is 32.9 Å². The van der Waals surface area contributed by atoms with Crippen molar-refractivity contribution in [2.45, 2.75) is 36.7 Å². The van der Waals surface area contributed by atoms with Gasteiger partial charge in [-0.2, -0.15) is 9.57 Å². The van der Waals surface area contributed by atoms with Crippen LogP contribution in [0, 0.1) is 11.3 Å². The Morgan fingerprint density at radius 1 is 1.53 bits per heavy atom. The molecule has 2 rings (SSSR count). The summed E-state index contributed by atoms with van der Waals surface area (Å²) < 4.78 is 32.4. The molecule has 2 heterocycles. The first-order valence-electron chi connectivity index (χ1n) is 5.92. The van der Waals surface area contributed by atoms with E-state index in [1.54, 1.807) is 0 Å². The normalized spacial score (nSPS) is 24.0. The van der Waals surface area contributed by atoms with Crippen LogP contribution in [0.5, 0.6) is 0 Å². The number of nitriles is 1. The molecule has 1 aromatic rings. The van der Waals surface area contributed by atoms with Gasteiger partial charge in [-0.3, -0.25) is 0 Å². The summed E-state index contributed by atoms with van der Waals surface area (Å²) >= 11 is 1.00. The van der Waals surface area contributed by atoms with E-state index >= 15 is 0 Å². The summed E-state index contributed by atoms with van der Waals surface area (Å²) in [6, 6.07) is 4.98. The first-order chi connectivity index (χ1) is 8.74. The van der Waals surface area contributed by atoms with Crippen molar-refractivity contribution in [3.8, 4) is 6.07 Å². The number of sulfonamides is 1. The van der Waals surface area contributed by atoms with E-state index in [9.17, 15) is 8.42 Å². The van der Waals surface area contributed by atoms with E-state index in [1.165, 1.54) is 16.4 Å². The molecule has 1 fully saturated rings. The fraction of sp³-hybridized carbons (Fsp3) is 0.583. The Morgan fingerprint density at radius 3 is 2.74 bits per heavy atom. The van der Waals surface area contributed by atoms with Crippen LogP contribution in [0.2, 0.25) is 0 Å². The molecule has 0 aromatic carbocycles. The van der Waals surface area contributed by atoms with E-state index in [0.29, 0.717) is 18.0 Å². The molecule has 104 valence electrons. The maximum Gasteiger partial charge on any atom is 0.252 e. The number of morpholine rings is 1. The van der Waals surface area contributed by atoms with Crippen LogP contribution < -0.4 is 0 Å².